The Bertz CT molecular complexity index is 1350. The fraction of sp³-hybridized carbons (Fsp3) is 0.548. The Labute approximate surface area is 255 Å². The Kier molecular flexibility index (Phi) is 11.6. The fourth-order valence-electron chi connectivity index (χ4n) is 4.92. The Balaban J connectivity index is 1.83. The second-order valence-electron chi connectivity index (χ2n) is 12.2. The van der Waals surface area contributed by atoms with Crippen LogP contribution < -0.4 is 25.4 Å². The second-order valence-corrected chi connectivity index (χ2v) is 14.1. The van der Waals surface area contributed by atoms with E-state index in [1.807, 2.05) is 58.0 Å². The number of hydrogen-bond acceptors (Lipinski definition) is 8. The average molecular weight is 619 g/mol. The van der Waals surface area contributed by atoms with E-state index in [9.17, 15) is 23.1 Å². The number of aliphatic hydroxyl groups is 1. The number of nitrogens with one attached hydrogen (secondary N) is 3. The number of fused-ring (bicyclic) bond motifs is 1. The van der Waals surface area contributed by atoms with Gasteiger partial charge in [0, 0.05) is 51.9 Å². The minimum absolute atomic E-state index is 0.0141. The maximum Gasteiger partial charge on any atom is 0.245 e. The summed E-state index contributed by atoms with van der Waals surface area (Å²) >= 11 is 0. The van der Waals surface area contributed by atoms with E-state index in [2.05, 4.69) is 16.0 Å². The first-order valence-electron chi connectivity index (χ1n) is 14.6. The molecule has 1 aliphatic rings. The molecule has 0 radical (unpaired) electrons. The number of amides is 2. The summed E-state index contributed by atoms with van der Waals surface area (Å²) in [6.07, 6.45) is -0.443. The monoisotopic (exact) mass is 618 g/mol. The summed E-state index contributed by atoms with van der Waals surface area (Å²) in [6.45, 7) is 9.81. The molecule has 2 unspecified atom stereocenters. The van der Waals surface area contributed by atoms with Crippen LogP contribution in [0.3, 0.4) is 0 Å². The van der Waals surface area contributed by atoms with Crippen molar-refractivity contribution in [3.05, 3.63) is 54.1 Å². The van der Waals surface area contributed by atoms with E-state index in [-0.39, 0.29) is 61.5 Å². The maximum atomic E-state index is 14.2. The molecule has 2 atom stereocenters. The van der Waals surface area contributed by atoms with Crippen LogP contribution in [0.1, 0.15) is 53.0 Å². The van der Waals surface area contributed by atoms with Crippen LogP contribution in [0, 0.1) is 11.3 Å². The topological polar surface area (TPSA) is 146 Å². The van der Waals surface area contributed by atoms with Crippen LogP contribution in [0.15, 0.2) is 53.4 Å². The summed E-state index contributed by atoms with van der Waals surface area (Å²) in [6, 6.07) is 13.6. The average Bonchev–Trinajstić information content (AvgIpc) is 3.30. The van der Waals surface area contributed by atoms with E-state index in [1.165, 1.54) is 12.1 Å². The van der Waals surface area contributed by atoms with Gasteiger partial charge in [-0.05, 0) is 36.1 Å². The van der Waals surface area contributed by atoms with Gasteiger partial charge < -0.3 is 30.5 Å². The molecule has 2 amide bonds. The summed E-state index contributed by atoms with van der Waals surface area (Å²) in [5, 5.41) is 20.7. The molecular weight excluding hydrogens is 572 g/mol. The third-order valence-electron chi connectivity index (χ3n) is 7.00. The fourth-order valence-corrected chi connectivity index (χ4v) is 6.77. The van der Waals surface area contributed by atoms with Gasteiger partial charge in [0.05, 0.1) is 11.4 Å². The largest absolute Gasteiger partial charge is 0.451 e. The summed E-state index contributed by atoms with van der Waals surface area (Å²) in [7, 11) is -2.54. The van der Waals surface area contributed by atoms with E-state index in [0.717, 1.165) is 9.87 Å². The molecule has 0 saturated carbocycles. The van der Waals surface area contributed by atoms with Crippen LogP contribution in [-0.2, 0) is 26.0 Å². The molecule has 0 aliphatic carbocycles. The maximum absolute atomic E-state index is 14.2. The van der Waals surface area contributed by atoms with Crippen molar-refractivity contribution in [3.63, 3.8) is 0 Å². The van der Waals surface area contributed by atoms with Gasteiger partial charge in [-0.1, -0.05) is 58.0 Å². The lowest BCUT2D eigenvalue weighted by Crippen LogP contribution is -2.55. The zero-order valence-electron chi connectivity index (χ0n) is 26.0. The lowest BCUT2D eigenvalue weighted by atomic mass is 9.88. The Hall–Kier alpha value is -3.19. The molecule has 12 heteroatoms. The molecule has 0 saturated heterocycles. The Morgan fingerprint density at radius 1 is 1.02 bits per heavy atom. The number of benzene rings is 2. The zero-order chi connectivity index (χ0) is 31.8. The zero-order valence-corrected chi connectivity index (χ0v) is 26.8. The van der Waals surface area contributed by atoms with Crippen molar-refractivity contribution in [2.24, 2.45) is 11.3 Å². The number of carbonyl (C=O) groups is 2. The van der Waals surface area contributed by atoms with Gasteiger partial charge in [-0.3, -0.25) is 9.59 Å². The molecular formula is C31H46N4O7S. The quantitative estimate of drug-likeness (QED) is 0.210. The van der Waals surface area contributed by atoms with E-state index in [0.29, 0.717) is 18.0 Å². The summed E-state index contributed by atoms with van der Waals surface area (Å²) < 4.78 is 40.7. The van der Waals surface area contributed by atoms with Crippen molar-refractivity contribution in [2.45, 2.75) is 70.8 Å². The van der Waals surface area contributed by atoms with Gasteiger partial charge in [-0.15, -0.1) is 0 Å². The van der Waals surface area contributed by atoms with Crippen LogP contribution in [0.4, 0.5) is 0 Å². The molecule has 1 heterocycles. The lowest BCUT2D eigenvalue weighted by molar-refractivity contribution is -0.125. The predicted molar refractivity (Wildman–Crippen MR) is 164 cm³/mol. The van der Waals surface area contributed by atoms with E-state index in [1.54, 1.807) is 20.0 Å². The van der Waals surface area contributed by atoms with E-state index < -0.39 is 27.5 Å². The van der Waals surface area contributed by atoms with E-state index >= 15 is 0 Å². The molecule has 0 aromatic heterocycles. The summed E-state index contributed by atoms with van der Waals surface area (Å²) in [4.78, 5) is 24.7. The summed E-state index contributed by atoms with van der Waals surface area (Å²) in [5.41, 5.74) is -1.63. The van der Waals surface area contributed by atoms with Gasteiger partial charge in [-0.2, -0.15) is 4.31 Å². The molecule has 238 valence electrons. The standard InChI is InChI=1S/C31H46N4O7S/c1-22(2)20-35(43(39,40)25-12-13-26-27(16-25)42-23(3)41-26)31(38,17-24-10-8-7-9-11-24)14-15-33-28(36)18-30(4,5)21-34-29(37)19-32-6/h7-13,16,22-23,32,38H,14-15,17-21H2,1-6H3,(H,33,36)(H,34,37). The van der Waals surface area contributed by atoms with Crippen molar-refractivity contribution in [1.82, 2.24) is 20.3 Å². The molecule has 1 aliphatic heterocycles. The Morgan fingerprint density at radius 2 is 1.70 bits per heavy atom. The number of sulfonamides is 1. The Morgan fingerprint density at radius 3 is 2.35 bits per heavy atom. The third-order valence-corrected chi connectivity index (χ3v) is 8.92. The van der Waals surface area contributed by atoms with Crippen LogP contribution in [-0.4, -0.2) is 74.9 Å². The SMILES string of the molecule is CNCC(=O)NCC(C)(C)CC(=O)NCCC(O)(Cc1ccccc1)N(CC(C)C)S(=O)(=O)c1ccc2c(c1)OC(C)O2. The number of carbonyl (C=O) groups excluding carboxylic acids is 2. The highest BCUT2D eigenvalue weighted by Crippen LogP contribution is 2.38. The van der Waals surface area contributed by atoms with Gasteiger partial charge in [-0.25, -0.2) is 8.42 Å². The summed E-state index contributed by atoms with van der Waals surface area (Å²) in [5.74, 6) is 0.235. The first-order valence-corrected chi connectivity index (χ1v) is 16.0. The molecule has 0 bridgehead atoms. The first kappa shape index (κ1) is 34.3. The lowest BCUT2D eigenvalue weighted by Gasteiger charge is -2.40. The predicted octanol–water partition coefficient (Wildman–Crippen LogP) is 2.64. The highest BCUT2D eigenvalue weighted by Gasteiger charge is 2.43. The molecule has 2 aromatic carbocycles. The number of rotatable bonds is 16. The smallest absolute Gasteiger partial charge is 0.245 e. The molecule has 11 nitrogen and oxygen atoms in total. The van der Waals surface area contributed by atoms with Crippen LogP contribution in [0.5, 0.6) is 11.5 Å². The molecule has 0 fully saturated rings. The first-order chi connectivity index (χ1) is 20.1. The molecule has 3 rings (SSSR count). The second kappa shape index (κ2) is 14.5. The normalized spacial score (nSPS) is 16.3. The number of nitrogens with zero attached hydrogens (tertiary/aromatic N) is 1. The minimum atomic E-state index is -4.22. The highest BCUT2D eigenvalue weighted by atomic mass is 32.2. The number of hydrogen-bond donors (Lipinski definition) is 4. The van der Waals surface area contributed by atoms with Crippen LogP contribution >= 0.6 is 0 Å². The van der Waals surface area contributed by atoms with E-state index in [4.69, 9.17) is 9.47 Å². The highest BCUT2D eigenvalue weighted by molar-refractivity contribution is 7.89. The third kappa shape index (κ3) is 9.65. The van der Waals surface area contributed by atoms with Crippen LogP contribution in [0.25, 0.3) is 0 Å². The van der Waals surface area contributed by atoms with Gasteiger partial charge in [0.1, 0.15) is 5.72 Å². The molecule has 0 spiro atoms. The van der Waals surface area contributed by atoms with Crippen molar-refractivity contribution in [3.8, 4) is 11.5 Å². The minimum Gasteiger partial charge on any atom is -0.451 e. The van der Waals surface area contributed by atoms with Crippen molar-refractivity contribution in [1.29, 1.82) is 0 Å². The molecule has 4 N–H and O–H groups in total. The number of likely N-dealkylation sites (N-methyl/N-ethyl adjacent to an activating group) is 1. The molecule has 43 heavy (non-hydrogen) atoms. The van der Waals surface area contributed by atoms with Gasteiger partial charge in [0.15, 0.2) is 11.5 Å². The molecule has 2 aromatic rings. The van der Waals surface area contributed by atoms with Crippen molar-refractivity contribution < 1.29 is 32.6 Å². The van der Waals surface area contributed by atoms with Crippen LogP contribution in [0.2, 0.25) is 0 Å². The number of ether oxygens (including phenoxy) is 2. The van der Waals surface area contributed by atoms with Gasteiger partial charge in [0.25, 0.3) is 0 Å². The van der Waals surface area contributed by atoms with Gasteiger partial charge in [0.2, 0.25) is 28.1 Å². The van der Waals surface area contributed by atoms with Crippen molar-refractivity contribution >= 4 is 21.8 Å². The van der Waals surface area contributed by atoms with Gasteiger partial charge >= 0.3 is 0 Å². The van der Waals surface area contributed by atoms with Crippen molar-refractivity contribution in [2.75, 3.05) is 33.2 Å².